The van der Waals surface area contributed by atoms with E-state index in [9.17, 15) is 4.79 Å². The Bertz CT molecular complexity index is 1140. The molecule has 36 heavy (non-hydrogen) atoms. The predicted molar refractivity (Wildman–Crippen MR) is 146 cm³/mol. The van der Waals surface area contributed by atoms with Gasteiger partial charge < -0.3 is 19.7 Å². The maximum absolute atomic E-state index is 11.1. The zero-order valence-corrected chi connectivity index (χ0v) is 21.6. The number of hydrogen-bond donors (Lipinski definition) is 1. The summed E-state index contributed by atoms with van der Waals surface area (Å²) in [5.41, 5.74) is 8.31. The fraction of sp³-hybridized carbons (Fsp3) is 0.400. The number of nitrogens with zero attached hydrogens (tertiary/aromatic N) is 2. The predicted octanol–water partition coefficient (Wildman–Crippen LogP) is 6.14. The van der Waals surface area contributed by atoms with Crippen LogP contribution in [0.25, 0.3) is 0 Å². The average Bonchev–Trinajstić information content (AvgIpc) is 3.79. The highest BCUT2D eigenvalue weighted by molar-refractivity contribution is 5.95. The van der Waals surface area contributed by atoms with Crippen molar-refractivity contribution in [1.29, 1.82) is 0 Å². The maximum Gasteiger partial charge on any atom is 0.340 e. The average molecular weight is 488 g/mol. The Morgan fingerprint density at radius 3 is 2.39 bits per heavy atom. The van der Waals surface area contributed by atoms with Gasteiger partial charge in [0.15, 0.2) is 0 Å². The lowest BCUT2D eigenvalue weighted by Gasteiger charge is -2.27. The summed E-state index contributed by atoms with van der Waals surface area (Å²) in [7, 11) is 4.85. The first-order chi connectivity index (χ1) is 17.6. The summed E-state index contributed by atoms with van der Waals surface area (Å²) in [6.07, 6.45) is 11.0. The van der Waals surface area contributed by atoms with Crippen LogP contribution in [0.15, 0.2) is 60.9 Å². The van der Waals surface area contributed by atoms with E-state index in [-0.39, 0.29) is 5.97 Å². The number of carbonyl (C=O) groups is 1. The zero-order valence-electron chi connectivity index (χ0n) is 21.6. The number of hydrogen-bond acceptors (Lipinski definition) is 6. The van der Waals surface area contributed by atoms with Crippen molar-refractivity contribution in [3.05, 3.63) is 83.2 Å². The van der Waals surface area contributed by atoms with Crippen molar-refractivity contribution in [1.82, 2.24) is 4.98 Å². The molecule has 1 heterocycles. The fourth-order valence-corrected chi connectivity index (χ4v) is 4.70. The summed E-state index contributed by atoms with van der Waals surface area (Å²) < 4.78 is 9.93. The third kappa shape index (κ3) is 6.43. The molecule has 190 valence electrons. The third-order valence-electron chi connectivity index (χ3n) is 6.91. The van der Waals surface area contributed by atoms with Crippen molar-refractivity contribution in [3.8, 4) is 0 Å². The van der Waals surface area contributed by atoms with E-state index in [4.69, 9.17) is 4.74 Å². The molecule has 1 saturated carbocycles. The maximum atomic E-state index is 11.1. The number of ether oxygens (including phenoxy) is 2. The molecule has 0 aliphatic heterocycles. The van der Waals surface area contributed by atoms with Crippen LogP contribution >= 0.6 is 0 Å². The van der Waals surface area contributed by atoms with Gasteiger partial charge in [-0.05, 0) is 91.5 Å². The van der Waals surface area contributed by atoms with Crippen LogP contribution in [0.4, 0.5) is 17.1 Å². The number of carbonyl (C=O) groups excluding carboxylic acids is 1. The SMILES string of the molecule is CNc1cnccc1C(=O)OC.COCCN(c1ccc(C2CC2)cc1)c1ccc2c(c1)CCCC2. The second kappa shape index (κ2) is 12.5. The Morgan fingerprint density at radius 2 is 1.72 bits per heavy atom. The molecule has 0 unspecified atom stereocenters. The van der Waals surface area contributed by atoms with Gasteiger partial charge in [0.25, 0.3) is 0 Å². The van der Waals surface area contributed by atoms with E-state index in [1.807, 2.05) is 0 Å². The summed E-state index contributed by atoms with van der Waals surface area (Å²) in [5, 5.41) is 2.85. The van der Waals surface area contributed by atoms with Gasteiger partial charge in [0, 0.05) is 38.3 Å². The molecule has 2 aliphatic rings. The van der Waals surface area contributed by atoms with Gasteiger partial charge >= 0.3 is 5.97 Å². The van der Waals surface area contributed by atoms with Gasteiger partial charge in [0.05, 0.1) is 31.2 Å². The second-order valence-corrected chi connectivity index (χ2v) is 9.33. The molecule has 0 bridgehead atoms. The van der Waals surface area contributed by atoms with Crippen LogP contribution in [0.2, 0.25) is 0 Å². The Morgan fingerprint density at radius 1 is 1.00 bits per heavy atom. The first-order valence-electron chi connectivity index (χ1n) is 12.8. The van der Waals surface area contributed by atoms with Crippen LogP contribution in [-0.2, 0) is 22.3 Å². The number of nitrogens with one attached hydrogen (secondary N) is 1. The molecule has 3 aromatic rings. The Kier molecular flexibility index (Phi) is 8.95. The lowest BCUT2D eigenvalue weighted by atomic mass is 9.91. The molecule has 1 fully saturated rings. The first kappa shape index (κ1) is 25.7. The van der Waals surface area contributed by atoms with Crippen LogP contribution in [0.5, 0.6) is 0 Å². The van der Waals surface area contributed by atoms with E-state index in [0.717, 1.165) is 19.1 Å². The Labute approximate surface area is 214 Å². The van der Waals surface area contributed by atoms with Gasteiger partial charge in [-0.1, -0.05) is 18.2 Å². The van der Waals surface area contributed by atoms with E-state index in [2.05, 4.69) is 62.4 Å². The third-order valence-corrected chi connectivity index (χ3v) is 6.91. The molecule has 1 aromatic heterocycles. The molecule has 6 nitrogen and oxygen atoms in total. The first-order valence-corrected chi connectivity index (χ1v) is 12.8. The zero-order chi connectivity index (χ0) is 25.3. The number of benzene rings is 2. The quantitative estimate of drug-likeness (QED) is 0.385. The topological polar surface area (TPSA) is 63.7 Å². The second-order valence-electron chi connectivity index (χ2n) is 9.33. The lowest BCUT2D eigenvalue weighted by molar-refractivity contribution is 0.0601. The number of fused-ring (bicyclic) bond motifs is 1. The van der Waals surface area contributed by atoms with E-state index in [0.29, 0.717) is 11.3 Å². The highest BCUT2D eigenvalue weighted by Crippen LogP contribution is 2.41. The van der Waals surface area contributed by atoms with Crippen molar-refractivity contribution >= 4 is 23.0 Å². The van der Waals surface area contributed by atoms with Gasteiger partial charge in [-0.2, -0.15) is 0 Å². The summed E-state index contributed by atoms with van der Waals surface area (Å²) in [5.74, 6) is 0.456. The summed E-state index contributed by atoms with van der Waals surface area (Å²) in [6, 6.07) is 17.8. The van der Waals surface area contributed by atoms with Crippen molar-refractivity contribution in [2.45, 2.75) is 44.4 Å². The Balaban J connectivity index is 0.000000214. The number of aromatic nitrogens is 1. The van der Waals surface area contributed by atoms with E-state index in [1.165, 1.54) is 68.1 Å². The monoisotopic (exact) mass is 487 g/mol. The number of esters is 1. The van der Waals surface area contributed by atoms with Gasteiger partial charge in [-0.3, -0.25) is 4.98 Å². The minimum Gasteiger partial charge on any atom is -0.465 e. The molecule has 1 N–H and O–H groups in total. The minimum absolute atomic E-state index is 0.359. The van der Waals surface area contributed by atoms with Crippen LogP contribution in [-0.4, -0.2) is 45.4 Å². The number of anilines is 3. The van der Waals surface area contributed by atoms with Crippen molar-refractivity contribution in [2.75, 3.05) is 44.6 Å². The van der Waals surface area contributed by atoms with E-state index >= 15 is 0 Å². The lowest BCUT2D eigenvalue weighted by Crippen LogP contribution is -2.22. The highest BCUT2D eigenvalue weighted by Gasteiger charge is 2.23. The number of methoxy groups -OCH3 is 2. The molecule has 0 amide bonds. The summed E-state index contributed by atoms with van der Waals surface area (Å²) in [6.45, 7) is 1.62. The van der Waals surface area contributed by atoms with Crippen molar-refractivity contribution < 1.29 is 14.3 Å². The van der Waals surface area contributed by atoms with Crippen LogP contribution in [0.3, 0.4) is 0 Å². The fourth-order valence-electron chi connectivity index (χ4n) is 4.70. The van der Waals surface area contributed by atoms with Crippen LogP contribution in [0, 0.1) is 0 Å². The molecule has 2 aliphatic carbocycles. The van der Waals surface area contributed by atoms with E-state index in [1.54, 1.807) is 38.2 Å². The standard InChI is InChI=1S/C22H27NO.C8H10N2O2/c1-24-15-14-23(21-11-8-19(9-12-21)18-6-7-18)22-13-10-17-4-2-3-5-20(17)16-22;1-9-7-5-10-4-3-6(7)8(11)12-2/h8-13,16,18H,2-7,14-15H2,1H3;3-5,9H,1-2H3. The number of rotatable bonds is 8. The van der Waals surface area contributed by atoms with Crippen LogP contribution in [0.1, 0.15) is 58.6 Å². The molecular formula is C30H37N3O3. The molecule has 0 radical (unpaired) electrons. The van der Waals surface area contributed by atoms with Crippen molar-refractivity contribution in [3.63, 3.8) is 0 Å². The molecule has 5 rings (SSSR count). The molecule has 0 atom stereocenters. The van der Waals surface area contributed by atoms with Gasteiger partial charge in [0.2, 0.25) is 0 Å². The van der Waals surface area contributed by atoms with Crippen LogP contribution < -0.4 is 10.2 Å². The Hall–Kier alpha value is -3.38. The summed E-state index contributed by atoms with van der Waals surface area (Å²) in [4.78, 5) is 17.4. The molecule has 0 spiro atoms. The molecular weight excluding hydrogens is 450 g/mol. The van der Waals surface area contributed by atoms with Gasteiger partial charge in [0.1, 0.15) is 0 Å². The number of aryl methyl sites for hydroxylation is 2. The molecule has 0 saturated heterocycles. The largest absolute Gasteiger partial charge is 0.465 e. The highest BCUT2D eigenvalue weighted by atomic mass is 16.5. The van der Waals surface area contributed by atoms with Gasteiger partial charge in [-0.15, -0.1) is 0 Å². The summed E-state index contributed by atoms with van der Waals surface area (Å²) >= 11 is 0. The minimum atomic E-state index is -0.359. The van der Waals surface area contributed by atoms with Crippen molar-refractivity contribution in [2.24, 2.45) is 0 Å². The molecule has 6 heteroatoms. The normalized spacial score (nSPS) is 14.2. The number of pyridine rings is 1. The smallest absolute Gasteiger partial charge is 0.340 e. The van der Waals surface area contributed by atoms with E-state index < -0.39 is 0 Å². The molecule has 2 aromatic carbocycles. The van der Waals surface area contributed by atoms with Gasteiger partial charge in [-0.25, -0.2) is 4.79 Å².